The Kier molecular flexibility index (Phi) is 4.72. The molecule has 3 fully saturated rings. The molecule has 4 heteroatoms. The Morgan fingerprint density at radius 3 is 2.78 bits per heavy atom. The van der Waals surface area contributed by atoms with Gasteiger partial charge in [-0.3, -0.25) is 9.69 Å². The summed E-state index contributed by atoms with van der Waals surface area (Å²) < 4.78 is 0. The molecule has 3 aliphatic rings. The highest BCUT2D eigenvalue weighted by Crippen LogP contribution is 2.37. The van der Waals surface area contributed by atoms with Crippen LogP contribution in [0, 0.1) is 5.92 Å². The van der Waals surface area contributed by atoms with Gasteiger partial charge in [0, 0.05) is 17.5 Å². The summed E-state index contributed by atoms with van der Waals surface area (Å²) in [6.45, 7) is 2.73. The summed E-state index contributed by atoms with van der Waals surface area (Å²) in [5, 5.41) is 2.13. The summed E-state index contributed by atoms with van der Waals surface area (Å²) in [6.07, 6.45) is 10.4. The molecule has 3 heterocycles. The van der Waals surface area contributed by atoms with Crippen molar-refractivity contribution in [3.63, 3.8) is 0 Å². The van der Waals surface area contributed by atoms with Crippen LogP contribution < -0.4 is 0 Å². The highest BCUT2D eigenvalue weighted by atomic mass is 32.1. The van der Waals surface area contributed by atoms with E-state index >= 15 is 0 Å². The first-order chi connectivity index (χ1) is 11.3. The zero-order valence-corrected chi connectivity index (χ0v) is 14.8. The number of thiophene rings is 1. The van der Waals surface area contributed by atoms with Crippen molar-refractivity contribution in [2.24, 2.45) is 5.92 Å². The van der Waals surface area contributed by atoms with Crippen molar-refractivity contribution in [3.05, 3.63) is 22.4 Å². The first kappa shape index (κ1) is 15.6. The smallest absolute Gasteiger partial charge is 0.237 e. The summed E-state index contributed by atoms with van der Waals surface area (Å²) in [5.74, 6) is 1.23. The maximum absolute atomic E-state index is 13.0. The van der Waals surface area contributed by atoms with Gasteiger partial charge in [-0.05, 0) is 62.4 Å². The van der Waals surface area contributed by atoms with E-state index in [1.165, 1.54) is 43.4 Å². The van der Waals surface area contributed by atoms with Crippen LogP contribution >= 0.6 is 11.3 Å². The van der Waals surface area contributed by atoms with E-state index in [1.54, 1.807) is 11.3 Å². The van der Waals surface area contributed by atoms with Gasteiger partial charge in [-0.2, -0.15) is 0 Å². The van der Waals surface area contributed by atoms with Crippen LogP contribution in [0.4, 0.5) is 0 Å². The monoisotopic (exact) mass is 332 g/mol. The van der Waals surface area contributed by atoms with Crippen molar-refractivity contribution >= 4 is 17.2 Å². The minimum atomic E-state index is 0.342. The van der Waals surface area contributed by atoms with E-state index in [1.807, 2.05) is 0 Å². The van der Waals surface area contributed by atoms with Gasteiger partial charge in [0.15, 0.2) is 0 Å². The number of amides is 1. The molecule has 0 N–H and O–H groups in total. The van der Waals surface area contributed by atoms with Crippen molar-refractivity contribution in [3.8, 4) is 0 Å². The minimum absolute atomic E-state index is 0.342. The molecule has 2 aliphatic heterocycles. The predicted molar refractivity (Wildman–Crippen MR) is 94.6 cm³/mol. The molecule has 0 spiro atoms. The van der Waals surface area contributed by atoms with Crippen LogP contribution in [-0.2, 0) is 4.79 Å². The number of piperidine rings is 1. The molecular formula is C19H28N2OS. The van der Waals surface area contributed by atoms with E-state index in [-0.39, 0.29) is 0 Å². The minimum Gasteiger partial charge on any atom is -0.334 e. The lowest BCUT2D eigenvalue weighted by Gasteiger charge is -2.44. The average molecular weight is 333 g/mol. The van der Waals surface area contributed by atoms with Crippen molar-refractivity contribution < 1.29 is 4.79 Å². The molecule has 1 aromatic rings. The molecular weight excluding hydrogens is 304 g/mol. The van der Waals surface area contributed by atoms with Gasteiger partial charge in [-0.15, -0.1) is 11.3 Å². The van der Waals surface area contributed by atoms with Crippen molar-refractivity contribution in [2.45, 2.75) is 63.5 Å². The first-order valence-electron chi connectivity index (χ1n) is 9.40. The largest absolute Gasteiger partial charge is 0.334 e. The molecule has 3 nitrogen and oxygen atoms in total. The number of nitrogens with zero attached hydrogens (tertiary/aromatic N) is 2. The van der Waals surface area contributed by atoms with Crippen LogP contribution in [0.5, 0.6) is 0 Å². The topological polar surface area (TPSA) is 23.6 Å². The molecule has 23 heavy (non-hydrogen) atoms. The van der Waals surface area contributed by atoms with Gasteiger partial charge in [0.2, 0.25) is 5.91 Å². The highest BCUT2D eigenvalue weighted by molar-refractivity contribution is 7.10. The fraction of sp³-hybridized carbons (Fsp3) is 0.737. The van der Waals surface area contributed by atoms with Crippen molar-refractivity contribution in [1.82, 2.24) is 9.80 Å². The summed E-state index contributed by atoms with van der Waals surface area (Å²) >= 11 is 1.80. The normalized spacial score (nSPS) is 32.0. The number of fused-ring (bicyclic) bond motifs is 1. The molecule has 2 saturated heterocycles. The summed E-state index contributed by atoms with van der Waals surface area (Å²) in [5.41, 5.74) is 0. The lowest BCUT2D eigenvalue weighted by molar-refractivity contribution is -0.135. The predicted octanol–water partition coefficient (Wildman–Crippen LogP) is 4.07. The zero-order valence-electron chi connectivity index (χ0n) is 14.0. The van der Waals surface area contributed by atoms with E-state index in [2.05, 4.69) is 27.3 Å². The molecule has 0 bridgehead atoms. The zero-order chi connectivity index (χ0) is 15.6. The Balaban J connectivity index is 1.42. The number of likely N-dealkylation sites (tertiary alicyclic amines) is 2. The van der Waals surface area contributed by atoms with Gasteiger partial charge < -0.3 is 4.90 Å². The summed E-state index contributed by atoms with van der Waals surface area (Å²) in [7, 11) is 0. The Morgan fingerprint density at radius 1 is 1.09 bits per heavy atom. The van der Waals surface area contributed by atoms with E-state index in [4.69, 9.17) is 0 Å². The third-order valence-electron chi connectivity index (χ3n) is 6.14. The molecule has 126 valence electrons. The summed E-state index contributed by atoms with van der Waals surface area (Å²) in [6, 6.07) is 5.33. The average Bonchev–Trinajstić information content (AvgIpc) is 3.26. The maximum atomic E-state index is 13.0. The molecule has 0 radical (unpaired) electrons. The van der Waals surface area contributed by atoms with Gasteiger partial charge in [-0.1, -0.05) is 18.9 Å². The molecule has 1 aliphatic carbocycles. The molecule has 1 aromatic heterocycles. The van der Waals surface area contributed by atoms with Gasteiger partial charge >= 0.3 is 0 Å². The second-order valence-electron chi connectivity index (χ2n) is 7.49. The Bertz CT molecular complexity index is 527. The first-order valence-corrected chi connectivity index (χ1v) is 10.3. The van der Waals surface area contributed by atoms with E-state index < -0.39 is 0 Å². The second kappa shape index (κ2) is 6.94. The number of hydrogen-bond donors (Lipinski definition) is 0. The molecule has 4 rings (SSSR count). The lowest BCUT2D eigenvalue weighted by atomic mass is 9.78. The fourth-order valence-electron chi connectivity index (χ4n) is 5.03. The quantitative estimate of drug-likeness (QED) is 0.833. The van der Waals surface area contributed by atoms with Gasteiger partial charge in [-0.25, -0.2) is 0 Å². The van der Waals surface area contributed by atoms with Crippen LogP contribution in [0.3, 0.4) is 0 Å². The standard InChI is InChI=1S/C19H28N2OS/c22-19(21-12-4-9-17(21)18-10-5-13-23-18)14-20-11-3-7-15-6-1-2-8-16(15)20/h5,10,13,15-17H,1-4,6-9,11-12,14H2. The Hall–Kier alpha value is -0.870. The SMILES string of the molecule is O=C(CN1CCCC2CCCCC21)N1CCCC1c1cccs1. The number of carbonyl (C=O) groups excluding carboxylic acids is 1. The molecule has 0 aromatic carbocycles. The lowest BCUT2D eigenvalue weighted by Crippen LogP contribution is -2.51. The second-order valence-corrected chi connectivity index (χ2v) is 8.46. The number of hydrogen-bond acceptors (Lipinski definition) is 3. The van der Waals surface area contributed by atoms with Crippen LogP contribution in [0.1, 0.15) is 62.3 Å². The van der Waals surface area contributed by atoms with E-state index in [0.29, 0.717) is 24.5 Å². The van der Waals surface area contributed by atoms with Gasteiger partial charge in [0.05, 0.1) is 12.6 Å². The van der Waals surface area contributed by atoms with Crippen LogP contribution in [0.15, 0.2) is 17.5 Å². The van der Waals surface area contributed by atoms with Crippen LogP contribution in [0.2, 0.25) is 0 Å². The van der Waals surface area contributed by atoms with Crippen molar-refractivity contribution in [2.75, 3.05) is 19.6 Å². The molecule has 1 amide bonds. The van der Waals surface area contributed by atoms with Crippen LogP contribution in [0.25, 0.3) is 0 Å². The highest BCUT2D eigenvalue weighted by Gasteiger charge is 2.36. The fourth-order valence-corrected chi connectivity index (χ4v) is 5.90. The van der Waals surface area contributed by atoms with Gasteiger partial charge in [0.1, 0.15) is 0 Å². The third-order valence-corrected chi connectivity index (χ3v) is 7.11. The van der Waals surface area contributed by atoms with E-state index in [0.717, 1.165) is 31.8 Å². The summed E-state index contributed by atoms with van der Waals surface area (Å²) in [4.78, 5) is 19.0. The molecule has 3 atom stereocenters. The van der Waals surface area contributed by atoms with Crippen LogP contribution in [-0.4, -0.2) is 41.4 Å². The number of rotatable bonds is 3. The number of carbonyl (C=O) groups is 1. The third kappa shape index (κ3) is 3.20. The Labute approximate surface area is 143 Å². The van der Waals surface area contributed by atoms with Crippen molar-refractivity contribution in [1.29, 1.82) is 0 Å². The molecule has 1 saturated carbocycles. The maximum Gasteiger partial charge on any atom is 0.237 e. The Morgan fingerprint density at radius 2 is 1.91 bits per heavy atom. The van der Waals surface area contributed by atoms with E-state index in [9.17, 15) is 4.79 Å². The molecule has 3 unspecified atom stereocenters. The van der Waals surface area contributed by atoms with Gasteiger partial charge in [0.25, 0.3) is 0 Å².